The lowest BCUT2D eigenvalue weighted by atomic mass is 9.76. The van der Waals surface area contributed by atoms with E-state index < -0.39 is 23.8 Å². The Bertz CT molecular complexity index is 1270. The van der Waals surface area contributed by atoms with E-state index in [1.54, 1.807) is 0 Å². The van der Waals surface area contributed by atoms with Crippen molar-refractivity contribution in [1.29, 1.82) is 0 Å². The largest absolute Gasteiger partial charge is 0.488 e. The highest BCUT2D eigenvalue weighted by Crippen LogP contribution is 2.38. The molecule has 0 heterocycles. The molecule has 41 heavy (non-hydrogen) atoms. The minimum absolute atomic E-state index is 0.0833. The standard InChI is InChI=1S/C34H42F2N2O3/c1-33(2,3)41-29-14-10-13-26(21-29)34(15-8-5-9-16-34)37-23-31(39)30(19-25-17-27(35)22-28(36)18-25)38-32(40)20-24-11-6-4-7-12-24/h4,6-7,10-14,17-18,21-22,30-31,37,39H,5,8-9,15-16,19-20,23H2,1-3H3,(H,38,40)/t30-,31-/m0/s1. The van der Waals surface area contributed by atoms with E-state index >= 15 is 0 Å². The number of rotatable bonds is 11. The smallest absolute Gasteiger partial charge is 0.224 e. The molecule has 0 aromatic heterocycles. The number of aliphatic hydroxyl groups is 1. The summed E-state index contributed by atoms with van der Waals surface area (Å²) >= 11 is 0. The third-order valence-electron chi connectivity index (χ3n) is 7.56. The van der Waals surface area contributed by atoms with Crippen LogP contribution < -0.4 is 15.4 Å². The number of nitrogens with one attached hydrogen (secondary N) is 2. The Kier molecular flexibility index (Phi) is 10.2. The van der Waals surface area contributed by atoms with E-state index in [9.17, 15) is 18.7 Å². The highest BCUT2D eigenvalue weighted by atomic mass is 19.1. The van der Waals surface area contributed by atoms with Gasteiger partial charge in [-0.1, -0.05) is 61.7 Å². The second-order valence-corrected chi connectivity index (χ2v) is 12.2. The Morgan fingerprint density at radius 2 is 1.61 bits per heavy atom. The zero-order chi connectivity index (χ0) is 29.5. The van der Waals surface area contributed by atoms with Crippen molar-refractivity contribution >= 4 is 5.91 Å². The molecule has 0 spiro atoms. The van der Waals surface area contributed by atoms with Gasteiger partial charge in [0.05, 0.1) is 18.6 Å². The topological polar surface area (TPSA) is 70.6 Å². The highest BCUT2D eigenvalue weighted by molar-refractivity contribution is 5.79. The predicted molar refractivity (Wildman–Crippen MR) is 158 cm³/mol. The monoisotopic (exact) mass is 564 g/mol. The molecule has 3 aromatic rings. The van der Waals surface area contributed by atoms with E-state index in [-0.39, 0.29) is 36.4 Å². The lowest BCUT2D eigenvalue weighted by molar-refractivity contribution is -0.122. The lowest BCUT2D eigenvalue weighted by Gasteiger charge is -2.40. The normalized spacial score (nSPS) is 16.5. The van der Waals surface area contributed by atoms with E-state index in [2.05, 4.69) is 22.8 Å². The van der Waals surface area contributed by atoms with E-state index in [1.165, 1.54) is 12.1 Å². The average Bonchev–Trinajstić information content (AvgIpc) is 2.91. The zero-order valence-corrected chi connectivity index (χ0v) is 24.3. The van der Waals surface area contributed by atoms with Crippen molar-refractivity contribution in [3.05, 3.63) is 101 Å². The fourth-order valence-electron chi connectivity index (χ4n) is 5.68. The summed E-state index contributed by atoms with van der Waals surface area (Å²) in [6.07, 6.45) is 4.26. The summed E-state index contributed by atoms with van der Waals surface area (Å²) in [5, 5.41) is 18.0. The molecule has 0 aliphatic heterocycles. The van der Waals surface area contributed by atoms with E-state index in [4.69, 9.17) is 4.74 Å². The van der Waals surface area contributed by atoms with Crippen LogP contribution in [0.5, 0.6) is 5.75 Å². The molecule has 0 unspecified atom stereocenters. The first-order valence-electron chi connectivity index (χ1n) is 14.5. The van der Waals surface area contributed by atoms with Crippen LogP contribution in [0.15, 0.2) is 72.8 Å². The molecule has 0 radical (unpaired) electrons. The predicted octanol–water partition coefficient (Wildman–Crippen LogP) is 6.22. The number of ether oxygens (including phenoxy) is 1. The van der Waals surface area contributed by atoms with Gasteiger partial charge in [-0.05, 0) is 81.0 Å². The van der Waals surface area contributed by atoms with Gasteiger partial charge >= 0.3 is 0 Å². The van der Waals surface area contributed by atoms with E-state index in [0.717, 1.165) is 55.0 Å². The second-order valence-electron chi connectivity index (χ2n) is 12.2. The van der Waals surface area contributed by atoms with Gasteiger partial charge in [-0.25, -0.2) is 8.78 Å². The molecular formula is C34H42F2N2O3. The minimum Gasteiger partial charge on any atom is -0.488 e. The number of carbonyl (C=O) groups excluding carboxylic acids is 1. The summed E-state index contributed by atoms with van der Waals surface area (Å²) in [6.45, 7) is 6.24. The fourth-order valence-corrected chi connectivity index (χ4v) is 5.68. The third kappa shape index (κ3) is 9.10. The molecule has 1 amide bonds. The van der Waals surface area contributed by atoms with Crippen LogP contribution in [0.25, 0.3) is 0 Å². The van der Waals surface area contributed by atoms with Gasteiger partial charge in [0.15, 0.2) is 0 Å². The van der Waals surface area contributed by atoms with Crippen molar-refractivity contribution in [3.63, 3.8) is 0 Å². The van der Waals surface area contributed by atoms with Crippen LogP contribution in [0.2, 0.25) is 0 Å². The van der Waals surface area contributed by atoms with Gasteiger partial charge in [-0.3, -0.25) is 4.79 Å². The minimum atomic E-state index is -1.01. The Balaban J connectivity index is 1.53. The number of hydrogen-bond acceptors (Lipinski definition) is 4. The maximum absolute atomic E-state index is 14.0. The van der Waals surface area contributed by atoms with Gasteiger partial charge < -0.3 is 20.5 Å². The van der Waals surface area contributed by atoms with Crippen molar-refractivity contribution in [2.24, 2.45) is 0 Å². The molecule has 3 N–H and O–H groups in total. The van der Waals surface area contributed by atoms with Crippen molar-refractivity contribution in [2.45, 2.75) is 89.0 Å². The first-order chi connectivity index (χ1) is 19.5. The van der Waals surface area contributed by atoms with Crippen LogP contribution in [0, 0.1) is 11.6 Å². The van der Waals surface area contributed by atoms with Crippen LogP contribution in [-0.2, 0) is 23.2 Å². The maximum atomic E-state index is 14.0. The van der Waals surface area contributed by atoms with E-state index in [1.807, 2.05) is 63.2 Å². The van der Waals surface area contributed by atoms with Gasteiger partial charge in [-0.15, -0.1) is 0 Å². The van der Waals surface area contributed by atoms with Crippen LogP contribution in [0.4, 0.5) is 8.78 Å². The summed E-state index contributed by atoms with van der Waals surface area (Å²) in [7, 11) is 0. The number of aliphatic hydroxyl groups excluding tert-OH is 1. The summed E-state index contributed by atoms with van der Waals surface area (Å²) < 4.78 is 34.1. The zero-order valence-electron chi connectivity index (χ0n) is 24.3. The molecule has 1 aliphatic rings. The number of amides is 1. The molecule has 0 saturated heterocycles. The van der Waals surface area contributed by atoms with Crippen molar-refractivity contribution in [2.75, 3.05) is 6.54 Å². The maximum Gasteiger partial charge on any atom is 0.224 e. The number of hydrogen-bond donors (Lipinski definition) is 3. The molecule has 1 fully saturated rings. The van der Waals surface area contributed by atoms with E-state index in [0.29, 0.717) is 5.56 Å². The summed E-state index contributed by atoms with van der Waals surface area (Å²) in [5.74, 6) is -0.862. The van der Waals surface area contributed by atoms with Gasteiger partial charge in [0.25, 0.3) is 0 Å². The van der Waals surface area contributed by atoms with Crippen molar-refractivity contribution in [3.8, 4) is 5.75 Å². The molecule has 5 nitrogen and oxygen atoms in total. The molecule has 4 rings (SSSR count). The Morgan fingerprint density at radius 1 is 0.927 bits per heavy atom. The molecule has 1 saturated carbocycles. The van der Waals surface area contributed by atoms with Gasteiger partial charge in [0.2, 0.25) is 5.91 Å². The number of benzene rings is 3. The molecule has 0 bridgehead atoms. The van der Waals surface area contributed by atoms with Gasteiger partial charge in [-0.2, -0.15) is 0 Å². The average molecular weight is 565 g/mol. The molecule has 7 heteroatoms. The van der Waals surface area contributed by atoms with Crippen LogP contribution in [-0.4, -0.2) is 35.3 Å². The first-order valence-corrected chi connectivity index (χ1v) is 14.5. The molecule has 2 atom stereocenters. The Labute approximate surface area is 242 Å². The summed E-state index contributed by atoms with van der Waals surface area (Å²) in [4.78, 5) is 13.0. The van der Waals surface area contributed by atoms with Gasteiger partial charge in [0.1, 0.15) is 23.0 Å². The number of carbonyl (C=O) groups is 1. The summed E-state index contributed by atoms with van der Waals surface area (Å²) in [6, 6.07) is 20.0. The number of halogens is 2. The Morgan fingerprint density at radius 3 is 2.27 bits per heavy atom. The molecule has 1 aliphatic carbocycles. The van der Waals surface area contributed by atoms with Crippen molar-refractivity contribution < 1.29 is 23.4 Å². The molecule has 3 aromatic carbocycles. The van der Waals surface area contributed by atoms with Crippen LogP contribution in [0.1, 0.15) is 69.6 Å². The quantitative estimate of drug-likeness (QED) is 0.259. The van der Waals surface area contributed by atoms with Crippen LogP contribution >= 0.6 is 0 Å². The lowest BCUT2D eigenvalue weighted by Crippen LogP contribution is -2.53. The second kappa shape index (κ2) is 13.6. The first kappa shape index (κ1) is 30.7. The SMILES string of the molecule is CC(C)(C)Oc1cccc(C2(NC[C@H](O)[C@H](Cc3cc(F)cc(F)c3)NC(=O)Cc3ccccc3)CCCCC2)c1. The summed E-state index contributed by atoms with van der Waals surface area (Å²) in [5.41, 5.74) is 1.62. The van der Waals surface area contributed by atoms with Gasteiger partial charge in [0, 0.05) is 18.2 Å². The van der Waals surface area contributed by atoms with Crippen molar-refractivity contribution in [1.82, 2.24) is 10.6 Å². The highest BCUT2D eigenvalue weighted by Gasteiger charge is 2.35. The third-order valence-corrected chi connectivity index (χ3v) is 7.56. The van der Waals surface area contributed by atoms with Crippen LogP contribution in [0.3, 0.4) is 0 Å². The fraction of sp³-hybridized carbons (Fsp3) is 0.441. The molecular weight excluding hydrogens is 522 g/mol. The molecule has 220 valence electrons. The Hall–Kier alpha value is -3.29.